The molecule has 3 aromatic rings. The van der Waals surface area contributed by atoms with E-state index in [9.17, 15) is 16.8 Å². The Hall–Kier alpha value is -3.36. The average Bonchev–Trinajstić information content (AvgIpc) is 3.98. The molecule has 0 radical (unpaired) electrons. The Morgan fingerprint density at radius 3 is 1.33 bits per heavy atom. The van der Waals surface area contributed by atoms with Crippen LogP contribution in [0.2, 0.25) is 0 Å². The highest BCUT2D eigenvalue weighted by Crippen LogP contribution is 2.68. The molecular weight excluding hydrogens is 739 g/mol. The van der Waals surface area contributed by atoms with E-state index in [2.05, 4.69) is 35.2 Å². The van der Waals surface area contributed by atoms with Crippen LogP contribution in [-0.4, -0.2) is 106 Å². The van der Waals surface area contributed by atoms with E-state index in [4.69, 9.17) is 23.7 Å². The second-order valence-electron chi connectivity index (χ2n) is 15.0. The number of anilines is 1. The zero-order chi connectivity index (χ0) is 37.8. The Balaban J connectivity index is 1.11. The van der Waals surface area contributed by atoms with Gasteiger partial charge in [-0.1, -0.05) is 71.3 Å². The smallest absolute Gasteiger partial charge is 0.183 e. The van der Waals surface area contributed by atoms with Crippen LogP contribution in [0.5, 0.6) is 0 Å². The number of rotatable bonds is 6. The maximum Gasteiger partial charge on any atom is 0.183 e. The van der Waals surface area contributed by atoms with Crippen molar-refractivity contribution in [1.29, 1.82) is 0 Å². The fraction of sp³-hybridized carbons (Fsp3) is 0.488. The largest absolute Gasteiger partial charge is 0.377 e. The molecule has 6 atom stereocenters. The molecule has 0 aromatic heterocycles. The highest BCUT2D eigenvalue weighted by molar-refractivity contribution is 7.96. The van der Waals surface area contributed by atoms with Crippen LogP contribution in [0.15, 0.2) is 111 Å². The Kier molecular flexibility index (Phi) is 11.9. The van der Waals surface area contributed by atoms with Crippen molar-refractivity contribution < 1.29 is 40.5 Å². The number of ether oxygens (including phenoxy) is 5. The van der Waals surface area contributed by atoms with Crippen LogP contribution in [0.1, 0.15) is 24.8 Å². The highest BCUT2D eigenvalue weighted by Gasteiger charge is 2.67. The minimum absolute atomic E-state index is 0.173. The Morgan fingerprint density at radius 2 is 0.909 bits per heavy atom. The number of allylic oxidation sites excluding steroid dienone is 3. The summed E-state index contributed by atoms with van der Waals surface area (Å²) < 4.78 is 87.7. The maximum absolute atomic E-state index is 14.8. The monoisotopic (exact) mass is 789 g/mol. The quantitative estimate of drug-likeness (QED) is 0.229. The molecule has 1 saturated heterocycles. The average molecular weight is 790 g/mol. The second kappa shape index (κ2) is 17.0. The van der Waals surface area contributed by atoms with Gasteiger partial charge >= 0.3 is 0 Å². The lowest BCUT2D eigenvalue weighted by Crippen LogP contribution is -2.45. The third-order valence-corrected chi connectivity index (χ3v) is 16.6. The fourth-order valence-corrected chi connectivity index (χ4v) is 14.6. The lowest BCUT2D eigenvalue weighted by Gasteiger charge is -2.35. The van der Waals surface area contributed by atoms with Gasteiger partial charge in [0.15, 0.2) is 19.7 Å². The molecule has 294 valence electrons. The molecule has 1 aliphatic heterocycles. The predicted molar refractivity (Wildman–Crippen MR) is 210 cm³/mol. The van der Waals surface area contributed by atoms with Gasteiger partial charge < -0.3 is 28.6 Å². The van der Waals surface area contributed by atoms with E-state index in [1.807, 2.05) is 0 Å². The first-order valence-electron chi connectivity index (χ1n) is 19.6. The summed E-state index contributed by atoms with van der Waals surface area (Å²) in [5.41, 5.74) is 5.28. The molecule has 0 amide bonds. The van der Waals surface area contributed by atoms with Gasteiger partial charge in [-0.3, -0.25) is 0 Å². The van der Waals surface area contributed by atoms with Crippen molar-refractivity contribution in [3.05, 3.63) is 107 Å². The van der Waals surface area contributed by atoms with Gasteiger partial charge in [0.25, 0.3) is 0 Å². The third-order valence-electron chi connectivity index (χ3n) is 12.0. The molecule has 3 fully saturated rings. The summed E-state index contributed by atoms with van der Waals surface area (Å²) in [5.74, 6) is -0.360. The molecule has 0 N–H and O–H groups in total. The number of benzene rings is 3. The molecule has 4 aliphatic carbocycles. The lowest BCUT2D eigenvalue weighted by atomic mass is 9.82. The van der Waals surface area contributed by atoms with Crippen LogP contribution >= 0.6 is 0 Å². The zero-order valence-electron chi connectivity index (χ0n) is 31.2. The summed E-state index contributed by atoms with van der Waals surface area (Å²) in [6, 6.07) is 25.1. The van der Waals surface area contributed by atoms with E-state index < -0.39 is 42.0 Å². The highest BCUT2D eigenvalue weighted by atomic mass is 32.2. The molecule has 10 nitrogen and oxygen atoms in total. The summed E-state index contributed by atoms with van der Waals surface area (Å²) in [6.07, 6.45) is 5.15. The fourth-order valence-electron chi connectivity index (χ4n) is 9.65. The van der Waals surface area contributed by atoms with Crippen molar-refractivity contribution in [3.63, 3.8) is 0 Å². The molecule has 2 saturated carbocycles. The number of sulfone groups is 2. The molecule has 5 aliphatic rings. The lowest BCUT2D eigenvalue weighted by molar-refractivity contribution is -0.0116. The summed E-state index contributed by atoms with van der Waals surface area (Å²) in [7, 11) is -8.09. The van der Waals surface area contributed by atoms with Gasteiger partial charge in [0.05, 0.1) is 86.4 Å². The van der Waals surface area contributed by atoms with Crippen molar-refractivity contribution in [1.82, 2.24) is 0 Å². The van der Waals surface area contributed by atoms with Gasteiger partial charge in [0.2, 0.25) is 0 Å². The number of hydrogen-bond donors (Lipinski definition) is 0. The van der Waals surface area contributed by atoms with E-state index in [-0.39, 0.29) is 9.79 Å². The zero-order valence-corrected chi connectivity index (χ0v) is 32.8. The molecule has 8 rings (SSSR count). The van der Waals surface area contributed by atoms with Crippen molar-refractivity contribution in [2.45, 2.75) is 39.6 Å². The summed E-state index contributed by atoms with van der Waals surface area (Å²) >= 11 is 0. The van der Waals surface area contributed by atoms with E-state index in [0.29, 0.717) is 91.0 Å². The van der Waals surface area contributed by atoms with Gasteiger partial charge in [-0.25, -0.2) is 16.8 Å². The van der Waals surface area contributed by atoms with Gasteiger partial charge in [-0.05, 0) is 73.1 Å². The second-order valence-corrected chi connectivity index (χ2v) is 19.2. The van der Waals surface area contributed by atoms with Crippen molar-refractivity contribution in [2.75, 3.05) is 84.1 Å². The SMILES string of the molecule is O=S(=O)(c1ccccc1)C1C2C(=Cc3ccc(N4CCOCCOCCOCCOCCOCC4)cc3)C(C3=C2C2CCC3C2)C1S(=O)(=O)c1ccccc1. The number of nitrogens with zero attached hydrogens (tertiary/aromatic N) is 1. The molecule has 1 heterocycles. The summed E-state index contributed by atoms with van der Waals surface area (Å²) in [6.45, 7) is 6.38. The number of fused-ring (bicyclic) bond motifs is 8. The third kappa shape index (κ3) is 7.84. The first kappa shape index (κ1) is 38.5. The number of hydrogen-bond acceptors (Lipinski definition) is 10. The first-order valence-corrected chi connectivity index (χ1v) is 22.7. The standard InChI is InChI=1S/C43H51NO9S2/c45-54(46,35-7-3-1-4-8-35)42-40-37(41(39-33-14-13-32(30-33)38(39)40)43(42)55(47,48)36-9-5-2-6-10-36)29-31-11-15-34(16-12-31)44-17-19-49-21-23-51-25-27-53-28-26-52-24-22-50-20-18-44/h1-12,15-16,29,32-33,40-43H,13-14,17-28,30H2. The molecule has 0 spiro atoms. The minimum atomic E-state index is -4.05. The predicted octanol–water partition coefficient (Wildman–Crippen LogP) is 5.64. The van der Waals surface area contributed by atoms with Crippen LogP contribution in [0.3, 0.4) is 0 Å². The van der Waals surface area contributed by atoms with E-state index >= 15 is 0 Å². The summed E-state index contributed by atoms with van der Waals surface area (Å²) in [4.78, 5) is 2.58. The topological polar surface area (TPSA) is 118 Å². The molecule has 4 bridgehead atoms. The maximum atomic E-state index is 14.8. The molecule has 12 heteroatoms. The minimum Gasteiger partial charge on any atom is -0.377 e. The van der Waals surface area contributed by atoms with Crippen LogP contribution in [0, 0.1) is 23.7 Å². The Labute approximate surface area is 325 Å². The van der Waals surface area contributed by atoms with E-state index in [1.54, 1.807) is 60.7 Å². The van der Waals surface area contributed by atoms with Gasteiger partial charge in [-0.15, -0.1) is 0 Å². The van der Waals surface area contributed by atoms with Crippen LogP contribution in [0.25, 0.3) is 6.08 Å². The normalized spacial score (nSPS) is 28.5. The van der Waals surface area contributed by atoms with Gasteiger partial charge in [-0.2, -0.15) is 0 Å². The van der Waals surface area contributed by atoms with E-state index in [1.165, 1.54) is 11.1 Å². The molecular formula is C43H51NO9S2. The van der Waals surface area contributed by atoms with Crippen molar-refractivity contribution in [2.24, 2.45) is 23.7 Å². The Morgan fingerprint density at radius 1 is 0.509 bits per heavy atom. The first-order chi connectivity index (χ1) is 26.9. The van der Waals surface area contributed by atoms with Crippen molar-refractivity contribution in [3.8, 4) is 0 Å². The molecule has 3 aromatic carbocycles. The van der Waals surface area contributed by atoms with Crippen LogP contribution < -0.4 is 4.90 Å². The van der Waals surface area contributed by atoms with Gasteiger partial charge in [0, 0.05) is 30.6 Å². The Bertz CT molecular complexity index is 1930. The molecule has 6 unspecified atom stereocenters. The van der Waals surface area contributed by atoms with Gasteiger partial charge in [0.1, 0.15) is 0 Å². The molecule has 55 heavy (non-hydrogen) atoms. The van der Waals surface area contributed by atoms with E-state index in [0.717, 1.165) is 36.1 Å². The summed E-state index contributed by atoms with van der Waals surface area (Å²) in [5, 5.41) is -2.23. The van der Waals surface area contributed by atoms with Crippen LogP contribution in [0.4, 0.5) is 5.69 Å². The van der Waals surface area contributed by atoms with Crippen molar-refractivity contribution >= 4 is 31.4 Å². The van der Waals surface area contributed by atoms with Crippen LogP contribution in [-0.2, 0) is 43.4 Å².